The molecule has 0 saturated carbocycles. The quantitative estimate of drug-likeness (QED) is 0.337. The van der Waals surface area contributed by atoms with Crippen LogP contribution in [-0.2, 0) is 5.75 Å². The largest absolute Gasteiger partial charge is 0.497 e. The van der Waals surface area contributed by atoms with Crippen molar-refractivity contribution < 1.29 is 13.6 Å². The third-order valence-electron chi connectivity index (χ3n) is 4.52. The van der Waals surface area contributed by atoms with Gasteiger partial charge in [-0.2, -0.15) is 0 Å². The molecule has 5 rings (SSSR count). The summed E-state index contributed by atoms with van der Waals surface area (Å²) in [6, 6.07) is 21.0. The Morgan fingerprint density at radius 1 is 0.903 bits per heavy atom. The summed E-state index contributed by atoms with van der Waals surface area (Å²) < 4.78 is 18.5. The van der Waals surface area contributed by atoms with E-state index in [0.29, 0.717) is 34.3 Å². The fraction of sp³-hybridized carbons (Fsp3) is 0.0909. The van der Waals surface area contributed by atoms with Gasteiger partial charge in [0.2, 0.25) is 17.6 Å². The molecule has 0 N–H and O–H groups in total. The molecule has 9 heteroatoms. The third-order valence-corrected chi connectivity index (χ3v) is 5.43. The second kappa shape index (κ2) is 8.49. The topological polar surface area (TPSA) is 92.0 Å². The highest BCUT2D eigenvalue weighted by Crippen LogP contribution is 2.30. The van der Waals surface area contributed by atoms with Gasteiger partial charge >= 0.3 is 0 Å². The summed E-state index contributed by atoms with van der Waals surface area (Å²) in [7, 11) is 1.63. The van der Waals surface area contributed by atoms with E-state index in [-0.39, 0.29) is 0 Å². The molecule has 5 aromatic rings. The van der Waals surface area contributed by atoms with Gasteiger partial charge in [-0.15, -0.1) is 20.4 Å². The molecule has 8 nitrogen and oxygen atoms in total. The van der Waals surface area contributed by atoms with Crippen molar-refractivity contribution in [3.8, 4) is 34.5 Å². The maximum Gasteiger partial charge on any atom is 0.247 e. The number of rotatable bonds is 7. The summed E-state index contributed by atoms with van der Waals surface area (Å²) in [4.78, 5) is 0. The molecule has 0 spiro atoms. The van der Waals surface area contributed by atoms with Crippen molar-refractivity contribution in [1.82, 2.24) is 25.0 Å². The number of methoxy groups -OCH3 is 1. The van der Waals surface area contributed by atoms with Crippen LogP contribution in [-0.4, -0.2) is 32.1 Å². The molecule has 0 fully saturated rings. The van der Waals surface area contributed by atoms with Gasteiger partial charge in [-0.05, 0) is 48.5 Å². The molecule has 0 unspecified atom stereocenters. The zero-order valence-electron chi connectivity index (χ0n) is 16.5. The van der Waals surface area contributed by atoms with Crippen molar-refractivity contribution in [3.05, 3.63) is 78.9 Å². The van der Waals surface area contributed by atoms with E-state index >= 15 is 0 Å². The van der Waals surface area contributed by atoms with Gasteiger partial charge < -0.3 is 13.6 Å². The summed E-state index contributed by atoms with van der Waals surface area (Å²) in [5.74, 6) is 3.45. The first-order valence-electron chi connectivity index (χ1n) is 9.46. The van der Waals surface area contributed by atoms with Crippen molar-refractivity contribution in [3.63, 3.8) is 0 Å². The van der Waals surface area contributed by atoms with Gasteiger partial charge in [-0.3, -0.25) is 4.57 Å². The van der Waals surface area contributed by atoms with Gasteiger partial charge in [0.05, 0.1) is 19.1 Å². The van der Waals surface area contributed by atoms with Crippen molar-refractivity contribution >= 4 is 11.8 Å². The molecule has 0 bridgehead atoms. The molecular weight excluding hydrogens is 414 g/mol. The van der Waals surface area contributed by atoms with Crippen LogP contribution >= 0.6 is 11.8 Å². The highest BCUT2D eigenvalue weighted by atomic mass is 32.2. The number of hydrogen-bond donors (Lipinski definition) is 0. The van der Waals surface area contributed by atoms with Crippen molar-refractivity contribution in [1.29, 1.82) is 0 Å². The summed E-state index contributed by atoms with van der Waals surface area (Å²) in [6.45, 7) is 0. The minimum absolute atomic E-state index is 0.451. The summed E-state index contributed by atoms with van der Waals surface area (Å²) in [5, 5.41) is 17.7. The van der Waals surface area contributed by atoms with E-state index in [1.165, 1.54) is 11.8 Å². The van der Waals surface area contributed by atoms with E-state index in [1.54, 1.807) is 13.4 Å². The average molecular weight is 431 g/mol. The molecule has 154 valence electrons. The lowest BCUT2D eigenvalue weighted by atomic mass is 10.2. The molecule has 0 aliphatic rings. The van der Waals surface area contributed by atoms with Crippen LogP contribution in [0, 0.1) is 0 Å². The Morgan fingerprint density at radius 2 is 1.74 bits per heavy atom. The third kappa shape index (κ3) is 3.95. The van der Waals surface area contributed by atoms with E-state index in [0.717, 1.165) is 17.0 Å². The van der Waals surface area contributed by atoms with Crippen LogP contribution in [0.1, 0.15) is 5.89 Å². The number of para-hydroxylation sites is 1. The first kappa shape index (κ1) is 19.1. The Labute approximate surface area is 181 Å². The number of benzene rings is 2. The molecule has 3 heterocycles. The fourth-order valence-corrected chi connectivity index (χ4v) is 3.82. The zero-order chi connectivity index (χ0) is 21.0. The Bertz CT molecular complexity index is 1260. The van der Waals surface area contributed by atoms with Crippen LogP contribution in [0.3, 0.4) is 0 Å². The number of furan rings is 1. The predicted octanol–water partition coefficient (Wildman–Crippen LogP) is 4.88. The smallest absolute Gasteiger partial charge is 0.247 e. The Kier molecular flexibility index (Phi) is 5.24. The van der Waals surface area contributed by atoms with Gasteiger partial charge in [-0.25, -0.2) is 0 Å². The molecule has 0 amide bonds. The second-order valence-electron chi connectivity index (χ2n) is 6.47. The van der Waals surface area contributed by atoms with E-state index in [4.69, 9.17) is 13.6 Å². The highest BCUT2D eigenvalue weighted by Gasteiger charge is 2.19. The van der Waals surface area contributed by atoms with E-state index in [2.05, 4.69) is 20.4 Å². The predicted molar refractivity (Wildman–Crippen MR) is 115 cm³/mol. The van der Waals surface area contributed by atoms with Crippen LogP contribution < -0.4 is 4.74 Å². The van der Waals surface area contributed by atoms with Gasteiger partial charge in [0, 0.05) is 11.3 Å². The number of aromatic nitrogens is 5. The molecule has 0 aliphatic carbocycles. The number of nitrogens with zero attached hydrogens (tertiary/aromatic N) is 5. The summed E-state index contributed by atoms with van der Waals surface area (Å²) in [5.41, 5.74) is 1.77. The number of thioether (sulfide) groups is 1. The average Bonchev–Trinajstić information content (AvgIpc) is 3.59. The molecular formula is C22H17N5O3S. The van der Waals surface area contributed by atoms with E-state index < -0.39 is 0 Å². The minimum Gasteiger partial charge on any atom is -0.497 e. The van der Waals surface area contributed by atoms with Crippen molar-refractivity contribution in [2.75, 3.05) is 7.11 Å². The highest BCUT2D eigenvalue weighted by molar-refractivity contribution is 7.98. The molecule has 0 radical (unpaired) electrons. The standard InChI is InChI=1S/C22H17N5O3S/c1-28-17-11-9-15(10-12-17)21-25-23-19(30-21)14-31-22-26-24-20(18-8-5-13-29-18)27(22)16-6-3-2-4-7-16/h2-13H,14H2,1H3. The lowest BCUT2D eigenvalue weighted by Crippen LogP contribution is -1.99. The van der Waals surface area contributed by atoms with Crippen LogP contribution in [0.15, 0.2) is 87.0 Å². The molecule has 0 saturated heterocycles. The van der Waals surface area contributed by atoms with Gasteiger partial charge in [0.25, 0.3) is 0 Å². The maximum atomic E-state index is 5.83. The molecule has 3 aromatic heterocycles. The monoisotopic (exact) mass is 431 g/mol. The van der Waals surface area contributed by atoms with Crippen molar-refractivity contribution in [2.24, 2.45) is 0 Å². The van der Waals surface area contributed by atoms with E-state index in [9.17, 15) is 0 Å². The molecule has 2 aromatic carbocycles. The summed E-state index contributed by atoms with van der Waals surface area (Å²) >= 11 is 1.46. The number of hydrogen-bond acceptors (Lipinski definition) is 8. The second-order valence-corrected chi connectivity index (χ2v) is 7.42. The van der Waals surface area contributed by atoms with Crippen LogP contribution in [0.4, 0.5) is 0 Å². The molecule has 0 aliphatic heterocycles. The Balaban J connectivity index is 1.39. The molecule has 31 heavy (non-hydrogen) atoms. The maximum absolute atomic E-state index is 5.83. The van der Waals surface area contributed by atoms with Gasteiger partial charge in [-0.1, -0.05) is 30.0 Å². The van der Waals surface area contributed by atoms with Gasteiger partial charge in [0.15, 0.2) is 10.9 Å². The lowest BCUT2D eigenvalue weighted by Gasteiger charge is -2.08. The van der Waals surface area contributed by atoms with Crippen LogP contribution in [0.2, 0.25) is 0 Å². The van der Waals surface area contributed by atoms with E-state index in [1.807, 2.05) is 71.3 Å². The van der Waals surface area contributed by atoms with Crippen molar-refractivity contribution in [2.45, 2.75) is 10.9 Å². The zero-order valence-corrected chi connectivity index (χ0v) is 17.3. The first-order valence-corrected chi connectivity index (χ1v) is 10.4. The summed E-state index contributed by atoms with van der Waals surface area (Å²) in [6.07, 6.45) is 1.62. The van der Waals surface area contributed by atoms with Crippen LogP contribution in [0.25, 0.3) is 28.7 Å². The molecule has 0 atom stereocenters. The van der Waals surface area contributed by atoms with Gasteiger partial charge in [0.1, 0.15) is 5.75 Å². The first-order chi connectivity index (χ1) is 15.3. The fourth-order valence-electron chi connectivity index (χ4n) is 3.03. The SMILES string of the molecule is COc1ccc(-c2nnc(CSc3nnc(-c4ccco4)n3-c3ccccc3)o2)cc1. The Morgan fingerprint density at radius 3 is 2.48 bits per heavy atom. The minimum atomic E-state index is 0.451. The lowest BCUT2D eigenvalue weighted by molar-refractivity contribution is 0.415. The normalized spacial score (nSPS) is 11.0. The Hall–Kier alpha value is -3.85. The number of ether oxygens (including phenoxy) is 1. The van der Waals surface area contributed by atoms with Crippen LogP contribution in [0.5, 0.6) is 5.75 Å².